The van der Waals surface area contributed by atoms with Gasteiger partial charge in [0, 0.05) is 13.1 Å². The monoisotopic (exact) mass is 140 g/mol. The maximum absolute atomic E-state index is 3.71. The van der Waals surface area contributed by atoms with E-state index in [0.29, 0.717) is 0 Å². The van der Waals surface area contributed by atoms with Crippen LogP contribution in [0.15, 0.2) is 12.7 Å². The molecular weight excluding hydrogens is 128 g/mol. The zero-order valence-electron chi connectivity index (χ0n) is 6.36. The van der Waals surface area contributed by atoms with E-state index < -0.39 is 0 Å². The van der Waals surface area contributed by atoms with Crippen LogP contribution in [0.4, 0.5) is 0 Å². The largest absolute Gasteiger partial charge is 0.311 e. The Labute approximate surface area is 60.4 Å². The predicted octanol–water partition coefficient (Wildman–Crippen LogP) is 0.256. The minimum absolute atomic E-state index is 0.981. The number of rotatable bonds is 3. The fraction of sp³-hybridized carbons (Fsp3) is 0.667. The molecule has 0 aromatic carbocycles. The molecule has 10 heavy (non-hydrogen) atoms. The molecule has 0 aliphatic carbocycles. The Balaban J connectivity index is 2.64. The van der Waals surface area contributed by atoms with Gasteiger partial charge in [-0.25, -0.2) is 4.68 Å². The van der Waals surface area contributed by atoms with E-state index in [1.165, 1.54) is 0 Å². The lowest BCUT2D eigenvalue weighted by atomic mass is 10.6. The molecule has 0 N–H and O–H groups in total. The van der Waals surface area contributed by atoms with Crippen molar-refractivity contribution in [2.75, 3.05) is 18.1 Å². The smallest absolute Gasteiger partial charge is 0.139 e. The van der Waals surface area contributed by atoms with Crippen molar-refractivity contribution < 1.29 is 0 Å². The number of hydrogen-bond acceptors (Lipinski definition) is 3. The molecule has 1 aromatic heterocycles. The van der Waals surface area contributed by atoms with Crippen LogP contribution in [0.3, 0.4) is 0 Å². The van der Waals surface area contributed by atoms with E-state index in [-0.39, 0.29) is 0 Å². The van der Waals surface area contributed by atoms with E-state index in [1.807, 2.05) is 4.68 Å². The maximum Gasteiger partial charge on any atom is 0.139 e. The number of nitrogens with zero attached hydrogens (tertiary/aromatic N) is 4. The van der Waals surface area contributed by atoms with Gasteiger partial charge in [0.15, 0.2) is 0 Å². The van der Waals surface area contributed by atoms with Gasteiger partial charge in [-0.3, -0.25) is 0 Å². The Morgan fingerprint density at radius 2 is 1.70 bits per heavy atom. The second kappa shape index (κ2) is 3.20. The summed E-state index contributed by atoms with van der Waals surface area (Å²) in [5.74, 6) is 0. The van der Waals surface area contributed by atoms with Gasteiger partial charge in [-0.1, -0.05) is 0 Å². The van der Waals surface area contributed by atoms with Gasteiger partial charge in [0.05, 0.1) is 0 Å². The van der Waals surface area contributed by atoms with Crippen LogP contribution in [0.25, 0.3) is 0 Å². The van der Waals surface area contributed by atoms with Crippen LogP contribution in [0, 0.1) is 0 Å². The van der Waals surface area contributed by atoms with E-state index in [0.717, 1.165) is 13.1 Å². The van der Waals surface area contributed by atoms with E-state index >= 15 is 0 Å². The summed E-state index contributed by atoms with van der Waals surface area (Å²) in [6.45, 7) is 6.16. The van der Waals surface area contributed by atoms with Gasteiger partial charge >= 0.3 is 0 Å². The van der Waals surface area contributed by atoms with Crippen LogP contribution in [0.5, 0.6) is 0 Å². The van der Waals surface area contributed by atoms with Gasteiger partial charge in [-0.2, -0.15) is 0 Å². The van der Waals surface area contributed by atoms with Crippen molar-refractivity contribution >= 4 is 0 Å². The Morgan fingerprint density at radius 3 is 2.10 bits per heavy atom. The summed E-state index contributed by atoms with van der Waals surface area (Å²) in [7, 11) is 0. The summed E-state index contributed by atoms with van der Waals surface area (Å²) in [5, 5.41) is 9.55. The highest BCUT2D eigenvalue weighted by Gasteiger charge is 1.96. The molecule has 1 rings (SSSR count). The minimum atomic E-state index is 0.981. The lowest BCUT2D eigenvalue weighted by molar-refractivity contribution is 0.617. The van der Waals surface area contributed by atoms with Crippen LogP contribution in [0.2, 0.25) is 0 Å². The van der Waals surface area contributed by atoms with E-state index in [1.54, 1.807) is 12.7 Å². The molecule has 0 spiro atoms. The summed E-state index contributed by atoms with van der Waals surface area (Å²) < 4.78 is 1.89. The summed E-state index contributed by atoms with van der Waals surface area (Å²) >= 11 is 0. The first-order valence-corrected chi connectivity index (χ1v) is 3.48. The Kier molecular flexibility index (Phi) is 2.25. The van der Waals surface area contributed by atoms with Crippen molar-refractivity contribution in [1.82, 2.24) is 14.9 Å². The highest BCUT2D eigenvalue weighted by atomic mass is 15.6. The third kappa shape index (κ3) is 1.26. The molecule has 4 nitrogen and oxygen atoms in total. The zero-order chi connectivity index (χ0) is 7.40. The predicted molar refractivity (Wildman–Crippen MR) is 39.3 cm³/mol. The second-order valence-corrected chi connectivity index (χ2v) is 1.98. The third-order valence-corrected chi connectivity index (χ3v) is 1.46. The molecule has 1 aromatic rings. The molecule has 1 heterocycles. The summed E-state index contributed by atoms with van der Waals surface area (Å²) in [6, 6.07) is 0. The Morgan fingerprint density at radius 1 is 1.20 bits per heavy atom. The van der Waals surface area contributed by atoms with Gasteiger partial charge in [0.2, 0.25) is 0 Å². The van der Waals surface area contributed by atoms with Crippen LogP contribution < -0.4 is 5.01 Å². The normalized spacial score (nSPS) is 9.80. The second-order valence-electron chi connectivity index (χ2n) is 1.98. The van der Waals surface area contributed by atoms with Crippen molar-refractivity contribution in [2.24, 2.45) is 0 Å². The van der Waals surface area contributed by atoms with E-state index in [9.17, 15) is 0 Å². The van der Waals surface area contributed by atoms with Gasteiger partial charge in [-0.05, 0) is 13.8 Å². The van der Waals surface area contributed by atoms with Crippen molar-refractivity contribution in [3.05, 3.63) is 12.7 Å². The molecule has 0 bridgehead atoms. The zero-order valence-corrected chi connectivity index (χ0v) is 6.36. The molecule has 4 heteroatoms. The summed E-state index contributed by atoms with van der Waals surface area (Å²) in [4.78, 5) is 0. The SMILES string of the molecule is CCN(CC)n1cnnc1. The standard InChI is InChI=1S/C6H12N4/c1-3-9(4-2)10-5-7-8-6-10/h5-6H,3-4H2,1-2H3. The van der Waals surface area contributed by atoms with Crippen molar-refractivity contribution in [1.29, 1.82) is 0 Å². The lowest BCUT2D eigenvalue weighted by Gasteiger charge is -2.20. The van der Waals surface area contributed by atoms with Crippen LogP contribution in [-0.4, -0.2) is 28.0 Å². The van der Waals surface area contributed by atoms with Crippen molar-refractivity contribution in [2.45, 2.75) is 13.8 Å². The molecule has 0 radical (unpaired) electrons. The molecule has 0 aliphatic heterocycles. The lowest BCUT2D eigenvalue weighted by Crippen LogP contribution is -2.32. The van der Waals surface area contributed by atoms with Crippen molar-refractivity contribution in [3.8, 4) is 0 Å². The molecule has 0 saturated heterocycles. The highest BCUT2D eigenvalue weighted by molar-refractivity contribution is 4.80. The quantitative estimate of drug-likeness (QED) is 0.603. The van der Waals surface area contributed by atoms with E-state index in [2.05, 4.69) is 29.1 Å². The average molecular weight is 140 g/mol. The topological polar surface area (TPSA) is 34.0 Å². The molecule has 56 valence electrons. The highest BCUT2D eigenvalue weighted by Crippen LogP contribution is 1.86. The third-order valence-electron chi connectivity index (χ3n) is 1.46. The molecule has 0 atom stereocenters. The number of hydrogen-bond donors (Lipinski definition) is 0. The number of aromatic nitrogens is 3. The van der Waals surface area contributed by atoms with Crippen LogP contribution in [-0.2, 0) is 0 Å². The fourth-order valence-electron chi connectivity index (χ4n) is 0.892. The van der Waals surface area contributed by atoms with Gasteiger partial charge < -0.3 is 5.01 Å². The first kappa shape index (κ1) is 7.05. The Bertz CT molecular complexity index is 166. The average Bonchev–Trinajstić information content (AvgIpc) is 2.43. The fourth-order valence-corrected chi connectivity index (χ4v) is 0.892. The maximum atomic E-state index is 3.71. The van der Waals surface area contributed by atoms with E-state index in [4.69, 9.17) is 0 Å². The van der Waals surface area contributed by atoms with Gasteiger partial charge in [0.1, 0.15) is 12.7 Å². The van der Waals surface area contributed by atoms with Crippen LogP contribution in [0.1, 0.15) is 13.8 Å². The molecule has 0 fully saturated rings. The van der Waals surface area contributed by atoms with Gasteiger partial charge in [0.25, 0.3) is 0 Å². The molecule has 0 amide bonds. The van der Waals surface area contributed by atoms with Crippen molar-refractivity contribution in [3.63, 3.8) is 0 Å². The Hall–Kier alpha value is -1.06. The molecule has 0 aliphatic rings. The minimum Gasteiger partial charge on any atom is -0.311 e. The first-order chi connectivity index (χ1) is 4.88. The molecule has 0 saturated carbocycles. The summed E-state index contributed by atoms with van der Waals surface area (Å²) in [5.41, 5.74) is 0. The first-order valence-electron chi connectivity index (χ1n) is 3.48. The van der Waals surface area contributed by atoms with Crippen LogP contribution >= 0.6 is 0 Å². The molecular formula is C6H12N4. The molecule has 0 unspecified atom stereocenters. The van der Waals surface area contributed by atoms with Gasteiger partial charge in [-0.15, -0.1) is 10.2 Å². The summed E-state index contributed by atoms with van der Waals surface area (Å²) in [6.07, 6.45) is 3.40.